The fourth-order valence-corrected chi connectivity index (χ4v) is 3.12. The van der Waals surface area contributed by atoms with Crippen LogP contribution in [-0.4, -0.2) is 43.9 Å². The number of hydrogen-bond acceptors (Lipinski definition) is 4. The first-order valence-corrected chi connectivity index (χ1v) is 7.73. The van der Waals surface area contributed by atoms with Gasteiger partial charge < -0.3 is 5.11 Å². The maximum absolute atomic E-state index is 13.8. The van der Waals surface area contributed by atoms with E-state index in [4.69, 9.17) is 0 Å². The van der Waals surface area contributed by atoms with Gasteiger partial charge in [0, 0.05) is 18.2 Å². The predicted molar refractivity (Wildman–Crippen MR) is 80.6 cm³/mol. The van der Waals surface area contributed by atoms with Crippen molar-refractivity contribution in [1.29, 1.82) is 0 Å². The first kappa shape index (κ1) is 15.1. The number of nitrogens with zero attached hydrogens (tertiary/aromatic N) is 4. The van der Waals surface area contributed by atoms with Gasteiger partial charge in [0.25, 0.3) is 0 Å². The molecule has 0 aliphatic carbocycles. The van der Waals surface area contributed by atoms with Crippen LogP contribution in [0.3, 0.4) is 0 Å². The van der Waals surface area contributed by atoms with Crippen LogP contribution in [0.15, 0.2) is 36.9 Å². The summed E-state index contributed by atoms with van der Waals surface area (Å²) < 4.78 is 15.6. The van der Waals surface area contributed by atoms with Gasteiger partial charge in [-0.15, -0.1) is 0 Å². The van der Waals surface area contributed by atoms with Gasteiger partial charge in [0.05, 0.1) is 12.6 Å². The van der Waals surface area contributed by atoms with E-state index in [2.05, 4.69) is 15.0 Å². The molecule has 1 N–H and O–H groups in total. The van der Waals surface area contributed by atoms with E-state index < -0.39 is 6.10 Å². The van der Waals surface area contributed by atoms with E-state index in [1.807, 2.05) is 4.68 Å². The molecule has 0 amide bonds. The Morgan fingerprint density at radius 3 is 2.95 bits per heavy atom. The van der Waals surface area contributed by atoms with Crippen molar-refractivity contribution < 1.29 is 9.50 Å². The number of benzene rings is 1. The molecule has 2 heterocycles. The highest BCUT2D eigenvalue weighted by Crippen LogP contribution is 2.23. The van der Waals surface area contributed by atoms with E-state index in [1.165, 1.54) is 18.8 Å². The summed E-state index contributed by atoms with van der Waals surface area (Å²) in [5, 5.41) is 14.5. The lowest BCUT2D eigenvalue weighted by molar-refractivity contribution is 0.0574. The van der Waals surface area contributed by atoms with Gasteiger partial charge in [-0.25, -0.2) is 9.37 Å². The smallest absolute Gasteiger partial charge is 0.137 e. The van der Waals surface area contributed by atoms with Gasteiger partial charge in [-0.3, -0.25) is 9.58 Å². The van der Waals surface area contributed by atoms with E-state index in [9.17, 15) is 9.50 Å². The molecule has 1 fully saturated rings. The Labute approximate surface area is 129 Å². The lowest BCUT2D eigenvalue weighted by Gasteiger charge is -2.36. The van der Waals surface area contributed by atoms with Crippen molar-refractivity contribution in [3.63, 3.8) is 0 Å². The molecule has 1 aromatic carbocycles. The van der Waals surface area contributed by atoms with Gasteiger partial charge >= 0.3 is 0 Å². The third-order valence-electron chi connectivity index (χ3n) is 4.29. The Bertz CT molecular complexity index is 590. The monoisotopic (exact) mass is 304 g/mol. The quantitative estimate of drug-likeness (QED) is 0.918. The fraction of sp³-hybridized carbons (Fsp3) is 0.500. The summed E-state index contributed by atoms with van der Waals surface area (Å²) in [6.45, 7) is 2.12. The lowest BCUT2D eigenvalue weighted by atomic mass is 10.00. The van der Waals surface area contributed by atoms with Crippen molar-refractivity contribution in [2.75, 3.05) is 13.1 Å². The SMILES string of the molecule is O[C@H](CN1CCCC[C@H]1Cn1cncn1)c1ccccc1F. The highest BCUT2D eigenvalue weighted by Gasteiger charge is 2.26. The van der Waals surface area contributed by atoms with Crippen LogP contribution in [0.5, 0.6) is 0 Å². The van der Waals surface area contributed by atoms with Gasteiger partial charge in [-0.2, -0.15) is 5.10 Å². The summed E-state index contributed by atoms with van der Waals surface area (Å²) in [5.41, 5.74) is 0.368. The number of aliphatic hydroxyl groups is 1. The van der Waals surface area contributed by atoms with Crippen LogP contribution in [-0.2, 0) is 6.54 Å². The molecule has 0 radical (unpaired) electrons. The van der Waals surface area contributed by atoms with Crippen LogP contribution >= 0.6 is 0 Å². The van der Waals surface area contributed by atoms with Crippen molar-refractivity contribution in [1.82, 2.24) is 19.7 Å². The molecule has 1 saturated heterocycles. The average Bonchev–Trinajstić information content (AvgIpc) is 3.02. The first-order valence-electron chi connectivity index (χ1n) is 7.73. The minimum absolute atomic E-state index is 0.303. The van der Waals surface area contributed by atoms with Gasteiger partial charge in [-0.05, 0) is 25.5 Å². The predicted octanol–water partition coefficient (Wildman–Crippen LogP) is 2.01. The van der Waals surface area contributed by atoms with Gasteiger partial charge in [0.15, 0.2) is 0 Å². The van der Waals surface area contributed by atoms with Crippen LogP contribution < -0.4 is 0 Å². The average molecular weight is 304 g/mol. The van der Waals surface area contributed by atoms with E-state index in [0.29, 0.717) is 18.2 Å². The molecule has 1 aliphatic heterocycles. The van der Waals surface area contributed by atoms with Crippen LogP contribution in [0.4, 0.5) is 4.39 Å². The largest absolute Gasteiger partial charge is 0.387 e. The molecule has 1 aliphatic rings. The third kappa shape index (κ3) is 3.51. The lowest BCUT2D eigenvalue weighted by Crippen LogP contribution is -2.44. The number of piperidine rings is 1. The summed E-state index contributed by atoms with van der Waals surface area (Å²) >= 11 is 0. The van der Waals surface area contributed by atoms with Crippen LogP contribution in [0.2, 0.25) is 0 Å². The topological polar surface area (TPSA) is 54.2 Å². The van der Waals surface area contributed by atoms with Crippen molar-refractivity contribution >= 4 is 0 Å². The molecule has 0 unspecified atom stereocenters. The Hall–Kier alpha value is -1.79. The van der Waals surface area contributed by atoms with Gasteiger partial charge in [-0.1, -0.05) is 24.6 Å². The second-order valence-electron chi connectivity index (χ2n) is 5.80. The summed E-state index contributed by atoms with van der Waals surface area (Å²) in [6.07, 6.45) is 5.77. The Morgan fingerprint density at radius 2 is 2.18 bits per heavy atom. The van der Waals surface area contributed by atoms with Gasteiger partial charge in [0.2, 0.25) is 0 Å². The Kier molecular flexibility index (Phi) is 4.80. The van der Waals surface area contributed by atoms with Crippen molar-refractivity contribution in [2.45, 2.75) is 38.0 Å². The molecule has 5 nitrogen and oxygen atoms in total. The standard InChI is InChI=1S/C16H21FN4O/c17-15-7-2-1-6-14(15)16(22)10-20-8-4-3-5-13(20)9-21-12-18-11-19-21/h1-2,6-7,11-13,16,22H,3-5,8-10H2/t13-,16+/m0/s1. The molecule has 118 valence electrons. The molecule has 2 atom stereocenters. The zero-order valence-corrected chi connectivity index (χ0v) is 12.5. The number of likely N-dealkylation sites (tertiary alicyclic amines) is 1. The number of aromatic nitrogens is 3. The van der Waals surface area contributed by atoms with Crippen molar-refractivity contribution in [2.24, 2.45) is 0 Å². The molecule has 22 heavy (non-hydrogen) atoms. The normalized spacial score (nSPS) is 20.9. The van der Waals surface area contributed by atoms with Crippen LogP contribution in [0.25, 0.3) is 0 Å². The molecule has 1 aromatic heterocycles. The molecule has 2 aromatic rings. The number of halogens is 1. The number of hydrogen-bond donors (Lipinski definition) is 1. The summed E-state index contributed by atoms with van der Waals surface area (Å²) in [6, 6.07) is 6.74. The molecule has 0 saturated carbocycles. The van der Waals surface area contributed by atoms with E-state index >= 15 is 0 Å². The van der Waals surface area contributed by atoms with E-state index in [-0.39, 0.29) is 5.82 Å². The fourth-order valence-electron chi connectivity index (χ4n) is 3.12. The van der Waals surface area contributed by atoms with Crippen LogP contribution in [0.1, 0.15) is 30.9 Å². The summed E-state index contributed by atoms with van der Waals surface area (Å²) in [7, 11) is 0. The maximum Gasteiger partial charge on any atom is 0.137 e. The van der Waals surface area contributed by atoms with Crippen LogP contribution in [0, 0.1) is 5.82 Å². The summed E-state index contributed by atoms with van der Waals surface area (Å²) in [4.78, 5) is 6.21. The number of β-amino-alcohol motifs (C(OH)–C–C–N with tert-alkyl or cyclic N) is 1. The minimum atomic E-state index is -0.808. The zero-order chi connectivity index (χ0) is 15.4. The highest BCUT2D eigenvalue weighted by molar-refractivity contribution is 5.20. The highest BCUT2D eigenvalue weighted by atomic mass is 19.1. The zero-order valence-electron chi connectivity index (χ0n) is 12.5. The number of aliphatic hydroxyl groups excluding tert-OH is 1. The third-order valence-corrected chi connectivity index (χ3v) is 4.29. The van der Waals surface area contributed by atoms with Crippen molar-refractivity contribution in [3.8, 4) is 0 Å². The Balaban J connectivity index is 1.67. The van der Waals surface area contributed by atoms with E-state index in [1.54, 1.807) is 24.5 Å². The van der Waals surface area contributed by atoms with E-state index in [0.717, 1.165) is 25.9 Å². The second-order valence-corrected chi connectivity index (χ2v) is 5.80. The molecule has 0 spiro atoms. The summed E-state index contributed by atoms with van der Waals surface area (Å²) in [5.74, 6) is -0.347. The first-order chi connectivity index (χ1) is 10.7. The molecular weight excluding hydrogens is 283 g/mol. The molecule has 3 rings (SSSR count). The molecular formula is C16H21FN4O. The Morgan fingerprint density at radius 1 is 1.32 bits per heavy atom. The minimum Gasteiger partial charge on any atom is -0.387 e. The van der Waals surface area contributed by atoms with Gasteiger partial charge in [0.1, 0.15) is 18.5 Å². The van der Waals surface area contributed by atoms with Crippen molar-refractivity contribution in [3.05, 3.63) is 48.3 Å². The maximum atomic E-state index is 13.8. The second kappa shape index (κ2) is 6.98. The number of rotatable bonds is 5. The molecule has 0 bridgehead atoms. The molecule has 6 heteroatoms.